The second kappa shape index (κ2) is 6.51. The van der Waals surface area contributed by atoms with E-state index in [1.807, 2.05) is 42.5 Å². The molecule has 27 heavy (non-hydrogen) atoms. The highest BCUT2D eigenvalue weighted by molar-refractivity contribution is 6.31. The first-order chi connectivity index (χ1) is 12.7. The van der Waals surface area contributed by atoms with E-state index in [1.165, 1.54) is 0 Å². The van der Waals surface area contributed by atoms with Crippen molar-refractivity contribution in [3.05, 3.63) is 63.6 Å². The maximum Gasteiger partial charge on any atom is 0.237 e. The fourth-order valence-electron chi connectivity index (χ4n) is 4.88. The number of carbonyl (C=O) groups is 1. The molecule has 4 rings (SSSR count). The number of amides is 1. The predicted molar refractivity (Wildman–Crippen MR) is 112 cm³/mol. The van der Waals surface area contributed by atoms with Crippen LogP contribution in [0.1, 0.15) is 44.4 Å². The summed E-state index contributed by atoms with van der Waals surface area (Å²) < 4.78 is 0. The second-order valence-electron chi connectivity index (χ2n) is 8.87. The van der Waals surface area contributed by atoms with Crippen LogP contribution < -0.4 is 10.6 Å². The maximum absolute atomic E-state index is 13.5. The summed E-state index contributed by atoms with van der Waals surface area (Å²) in [7, 11) is 0. The lowest BCUT2D eigenvalue weighted by Crippen LogP contribution is -2.45. The Hall–Kier alpha value is -1.55. The van der Waals surface area contributed by atoms with Gasteiger partial charge in [-0.15, -0.1) is 0 Å². The molecule has 142 valence electrons. The molecule has 1 fully saturated rings. The van der Waals surface area contributed by atoms with Gasteiger partial charge >= 0.3 is 0 Å². The first kappa shape index (κ1) is 18.8. The van der Waals surface area contributed by atoms with Crippen molar-refractivity contribution in [2.75, 3.05) is 11.9 Å². The third-order valence-corrected chi connectivity index (χ3v) is 6.23. The van der Waals surface area contributed by atoms with Crippen molar-refractivity contribution < 1.29 is 4.79 Å². The number of benzene rings is 2. The molecule has 3 atom stereocenters. The standard InChI is InChI=1S/C22H24Cl2N2O/c1-21(2,3)11-14-12-25-19(13-5-4-6-15(23)9-13)22(14)17-8-7-16(24)10-18(17)26-20(22)27/h4-10,14,19,25H,11-12H2,1-3H3,(H,26,27)/t14-,19-,22+/m1/s1. The zero-order chi connectivity index (χ0) is 19.4. The Labute approximate surface area is 170 Å². The molecule has 2 heterocycles. The molecule has 2 aliphatic rings. The van der Waals surface area contributed by atoms with Gasteiger partial charge in [0, 0.05) is 22.3 Å². The number of rotatable bonds is 2. The number of hydrogen-bond acceptors (Lipinski definition) is 2. The molecule has 2 N–H and O–H groups in total. The number of nitrogens with one attached hydrogen (secondary N) is 2. The van der Waals surface area contributed by atoms with Crippen LogP contribution in [0.4, 0.5) is 5.69 Å². The van der Waals surface area contributed by atoms with E-state index in [1.54, 1.807) is 0 Å². The van der Waals surface area contributed by atoms with Crippen LogP contribution in [0.25, 0.3) is 0 Å². The Morgan fingerprint density at radius 3 is 2.56 bits per heavy atom. The molecule has 2 aromatic rings. The summed E-state index contributed by atoms with van der Waals surface area (Å²) in [5.41, 5.74) is 2.33. The van der Waals surface area contributed by atoms with Crippen molar-refractivity contribution in [3.63, 3.8) is 0 Å². The fourth-order valence-corrected chi connectivity index (χ4v) is 5.25. The fraction of sp³-hybridized carbons (Fsp3) is 0.409. The molecule has 1 spiro atoms. The Morgan fingerprint density at radius 1 is 1.11 bits per heavy atom. The minimum atomic E-state index is -0.669. The number of hydrogen-bond donors (Lipinski definition) is 2. The Kier molecular flexibility index (Phi) is 4.53. The molecule has 0 radical (unpaired) electrons. The summed E-state index contributed by atoms with van der Waals surface area (Å²) in [4.78, 5) is 13.5. The lowest BCUT2D eigenvalue weighted by molar-refractivity contribution is -0.123. The number of carbonyl (C=O) groups excluding carboxylic acids is 1. The quantitative estimate of drug-likeness (QED) is 0.687. The lowest BCUT2D eigenvalue weighted by atomic mass is 9.63. The Bertz CT molecular complexity index is 905. The van der Waals surface area contributed by atoms with E-state index in [0.29, 0.717) is 10.0 Å². The van der Waals surface area contributed by atoms with Crippen LogP contribution in [-0.4, -0.2) is 12.5 Å². The van der Waals surface area contributed by atoms with Crippen LogP contribution in [0.15, 0.2) is 42.5 Å². The molecule has 0 aliphatic carbocycles. The van der Waals surface area contributed by atoms with Gasteiger partial charge in [0.05, 0.1) is 11.5 Å². The molecule has 1 amide bonds. The topological polar surface area (TPSA) is 41.1 Å². The van der Waals surface area contributed by atoms with Gasteiger partial charge in [0.2, 0.25) is 5.91 Å². The summed E-state index contributed by atoms with van der Waals surface area (Å²) in [5.74, 6) is 0.216. The highest BCUT2D eigenvalue weighted by atomic mass is 35.5. The maximum atomic E-state index is 13.5. The molecule has 0 aromatic heterocycles. The van der Waals surface area contributed by atoms with Crippen LogP contribution in [-0.2, 0) is 10.2 Å². The van der Waals surface area contributed by atoms with E-state index in [2.05, 4.69) is 31.4 Å². The molecular formula is C22H24Cl2N2O. The molecule has 0 bridgehead atoms. The van der Waals surface area contributed by atoms with Crippen LogP contribution in [0.3, 0.4) is 0 Å². The van der Waals surface area contributed by atoms with Crippen LogP contribution in [0, 0.1) is 11.3 Å². The van der Waals surface area contributed by atoms with Gasteiger partial charge in [-0.25, -0.2) is 0 Å². The highest BCUT2D eigenvalue weighted by Gasteiger charge is 2.61. The minimum Gasteiger partial charge on any atom is -0.325 e. The number of halogens is 2. The van der Waals surface area contributed by atoms with Gasteiger partial charge in [-0.1, -0.05) is 62.2 Å². The minimum absolute atomic E-state index is 0.0454. The van der Waals surface area contributed by atoms with E-state index >= 15 is 0 Å². The van der Waals surface area contributed by atoms with Crippen molar-refractivity contribution >= 4 is 34.8 Å². The summed E-state index contributed by atoms with van der Waals surface area (Å²) in [6.45, 7) is 7.46. The van der Waals surface area contributed by atoms with Crippen molar-refractivity contribution in [3.8, 4) is 0 Å². The second-order valence-corrected chi connectivity index (χ2v) is 9.74. The summed E-state index contributed by atoms with van der Waals surface area (Å²) in [6, 6.07) is 13.4. The molecule has 0 unspecified atom stereocenters. The monoisotopic (exact) mass is 402 g/mol. The summed E-state index contributed by atoms with van der Waals surface area (Å²) in [5, 5.41) is 8.05. The van der Waals surface area contributed by atoms with Gasteiger partial charge in [-0.3, -0.25) is 4.79 Å². The summed E-state index contributed by atoms with van der Waals surface area (Å²) >= 11 is 12.5. The van der Waals surface area contributed by atoms with E-state index in [4.69, 9.17) is 23.2 Å². The largest absolute Gasteiger partial charge is 0.325 e. The normalized spacial score (nSPS) is 27.1. The van der Waals surface area contributed by atoms with Crippen LogP contribution in [0.2, 0.25) is 10.0 Å². The van der Waals surface area contributed by atoms with Gasteiger partial charge in [-0.2, -0.15) is 0 Å². The lowest BCUT2D eigenvalue weighted by Gasteiger charge is -2.37. The first-order valence-corrected chi connectivity index (χ1v) is 10.1. The smallest absolute Gasteiger partial charge is 0.237 e. The molecule has 2 aromatic carbocycles. The van der Waals surface area contributed by atoms with Crippen molar-refractivity contribution in [1.29, 1.82) is 0 Å². The zero-order valence-electron chi connectivity index (χ0n) is 15.8. The average molecular weight is 403 g/mol. The Balaban J connectivity index is 1.91. The van der Waals surface area contributed by atoms with Gasteiger partial charge in [0.1, 0.15) is 0 Å². The predicted octanol–water partition coefficient (Wildman–Crippen LogP) is 5.58. The molecular weight excluding hydrogens is 379 g/mol. The molecule has 3 nitrogen and oxygen atoms in total. The van der Waals surface area contributed by atoms with E-state index in [9.17, 15) is 4.79 Å². The van der Waals surface area contributed by atoms with E-state index in [-0.39, 0.29) is 23.3 Å². The third kappa shape index (κ3) is 3.06. The average Bonchev–Trinajstić information content (AvgIpc) is 3.06. The SMILES string of the molecule is CC(C)(C)C[C@@H]1CN[C@H](c2cccc(Cl)c2)[C@]12C(=O)Nc1cc(Cl)ccc12. The molecule has 1 saturated heterocycles. The molecule has 2 aliphatic heterocycles. The molecule has 5 heteroatoms. The zero-order valence-corrected chi connectivity index (χ0v) is 17.3. The van der Waals surface area contributed by atoms with Gasteiger partial charge < -0.3 is 10.6 Å². The van der Waals surface area contributed by atoms with E-state index in [0.717, 1.165) is 29.8 Å². The summed E-state index contributed by atoms with van der Waals surface area (Å²) in [6.07, 6.45) is 0.937. The third-order valence-electron chi connectivity index (χ3n) is 5.76. The number of anilines is 1. The number of fused-ring (bicyclic) bond motifs is 2. The van der Waals surface area contributed by atoms with Gasteiger partial charge in [0.15, 0.2) is 0 Å². The van der Waals surface area contributed by atoms with Crippen LogP contribution >= 0.6 is 23.2 Å². The van der Waals surface area contributed by atoms with Crippen molar-refractivity contribution in [1.82, 2.24) is 5.32 Å². The van der Waals surface area contributed by atoms with Crippen LogP contribution in [0.5, 0.6) is 0 Å². The van der Waals surface area contributed by atoms with E-state index < -0.39 is 5.41 Å². The first-order valence-electron chi connectivity index (χ1n) is 9.32. The van der Waals surface area contributed by atoms with Gasteiger partial charge in [-0.05, 0) is 53.1 Å². The highest BCUT2D eigenvalue weighted by Crippen LogP contribution is 2.56. The van der Waals surface area contributed by atoms with Crippen molar-refractivity contribution in [2.24, 2.45) is 11.3 Å². The molecule has 0 saturated carbocycles. The van der Waals surface area contributed by atoms with Crippen molar-refractivity contribution in [2.45, 2.75) is 38.6 Å². The van der Waals surface area contributed by atoms with Gasteiger partial charge in [0.25, 0.3) is 0 Å². The Morgan fingerprint density at radius 2 is 1.85 bits per heavy atom.